The third kappa shape index (κ3) is 18.3. The van der Waals surface area contributed by atoms with Crippen LogP contribution >= 0.6 is 34.8 Å². The van der Waals surface area contributed by atoms with Gasteiger partial charge in [-0.1, -0.05) is 72.7 Å². The van der Waals surface area contributed by atoms with E-state index in [4.69, 9.17) is 93.1 Å². The molecule has 0 unspecified atom stereocenters. The summed E-state index contributed by atoms with van der Waals surface area (Å²) in [4.78, 5) is 85.9. The quantitative estimate of drug-likeness (QED) is 0.0563. The fourth-order valence-corrected chi connectivity index (χ4v) is 19.3. The van der Waals surface area contributed by atoms with Gasteiger partial charge in [-0.25, -0.2) is 0 Å². The van der Waals surface area contributed by atoms with Gasteiger partial charge in [-0.15, -0.1) is 0 Å². The van der Waals surface area contributed by atoms with Crippen LogP contribution in [-0.4, -0.2) is 283 Å². The van der Waals surface area contributed by atoms with Gasteiger partial charge in [-0.2, -0.15) is 45.2 Å². The van der Waals surface area contributed by atoms with Gasteiger partial charge in [0.25, 0.3) is 0 Å². The lowest BCUT2D eigenvalue weighted by Gasteiger charge is -2.35. The van der Waals surface area contributed by atoms with Crippen LogP contribution in [0.25, 0.3) is 98.8 Å². The number of amides is 3. The van der Waals surface area contributed by atoms with Crippen LogP contribution in [0.2, 0.25) is 15.1 Å². The van der Waals surface area contributed by atoms with Gasteiger partial charge in [0.2, 0.25) is 17.7 Å². The third-order valence-electron chi connectivity index (χ3n) is 26.3. The number of nitrogens with zero attached hydrogens (tertiary/aromatic N) is 18. The van der Waals surface area contributed by atoms with Crippen molar-refractivity contribution in [1.29, 1.82) is 0 Å². The summed E-state index contributed by atoms with van der Waals surface area (Å²) in [6.07, 6.45) is 21.4. The minimum absolute atomic E-state index is 0.0325. The number of rotatable bonds is 21. The Morgan fingerprint density at radius 3 is 0.822 bits per heavy atom. The number of anilines is 3. The summed E-state index contributed by atoms with van der Waals surface area (Å²) in [5, 5.41) is 29.2. The summed E-state index contributed by atoms with van der Waals surface area (Å²) in [5.41, 5.74) is 13.4. The summed E-state index contributed by atoms with van der Waals surface area (Å²) in [5.74, 6) is 4.00. The van der Waals surface area contributed by atoms with Crippen molar-refractivity contribution in [2.75, 3.05) is 154 Å². The van der Waals surface area contributed by atoms with E-state index >= 15 is 0 Å². The molecule has 21 rings (SSSR count). The van der Waals surface area contributed by atoms with Crippen molar-refractivity contribution in [2.45, 2.75) is 134 Å². The first-order chi connectivity index (χ1) is 62.7. The molecule has 6 aliphatic heterocycles. The predicted octanol–water partition coefficient (Wildman–Crippen LogP) is 15.0. The maximum atomic E-state index is 12.3. The molecule has 9 fully saturated rings. The lowest BCUT2D eigenvalue weighted by molar-refractivity contribution is -0.127. The Kier molecular flexibility index (Phi) is 24.9. The smallest absolute Gasteiger partial charge is 0.319 e. The zero-order valence-electron chi connectivity index (χ0n) is 73.8. The highest BCUT2D eigenvalue weighted by atomic mass is 35.5. The second-order valence-electron chi connectivity index (χ2n) is 35.5. The summed E-state index contributed by atoms with van der Waals surface area (Å²) in [6, 6.07) is 19.2. The summed E-state index contributed by atoms with van der Waals surface area (Å²) >= 11 is 21.6. The second-order valence-corrected chi connectivity index (χ2v) is 36.7. The van der Waals surface area contributed by atoms with Crippen molar-refractivity contribution in [1.82, 2.24) is 89.9 Å². The number of H-pyrrole nitrogens is 3. The first-order valence-electron chi connectivity index (χ1n) is 45.1. The summed E-state index contributed by atoms with van der Waals surface area (Å²) in [7, 11) is 6.40. The zero-order valence-corrected chi connectivity index (χ0v) is 76.1. The van der Waals surface area contributed by atoms with E-state index in [9.17, 15) is 14.4 Å². The van der Waals surface area contributed by atoms with Crippen molar-refractivity contribution in [3.63, 3.8) is 0 Å². The Balaban J connectivity index is 0.000000126. The van der Waals surface area contributed by atoms with E-state index in [1.165, 1.54) is 18.2 Å². The van der Waals surface area contributed by atoms with Crippen LogP contribution in [0.4, 0.5) is 17.5 Å². The highest BCUT2D eigenvalue weighted by Crippen LogP contribution is 2.54. The number of aromatic amines is 3. The zero-order chi connectivity index (χ0) is 89.0. The van der Waals surface area contributed by atoms with E-state index in [-0.39, 0.29) is 54.3 Å². The van der Waals surface area contributed by atoms with Gasteiger partial charge in [0.15, 0.2) is 17.2 Å². The fraction of sp³-hybridized carbons (Fsp3) is 0.438. The van der Waals surface area contributed by atoms with Crippen molar-refractivity contribution < 1.29 is 42.8 Å². The fourth-order valence-electron chi connectivity index (χ4n) is 18.4. The monoisotopic (exact) mass is 1800 g/mol. The van der Waals surface area contributed by atoms with Crippen LogP contribution in [0.5, 0.6) is 35.3 Å². The first kappa shape index (κ1) is 86.7. The van der Waals surface area contributed by atoms with Crippen LogP contribution in [0, 0.1) is 20.8 Å². The Bertz CT molecular complexity index is 5710. The van der Waals surface area contributed by atoms with E-state index in [1.807, 2.05) is 69.7 Å². The van der Waals surface area contributed by atoms with Gasteiger partial charge in [0.1, 0.15) is 52.3 Å². The molecule has 12 heterocycles. The minimum Gasteiger partial charge on any atom is -0.487 e. The average molecular weight is 1810 g/mol. The second kappa shape index (κ2) is 37.1. The minimum atomic E-state index is -0.0601. The topological polar surface area (TPSA) is 299 Å². The molecule has 3 saturated carbocycles. The van der Waals surface area contributed by atoms with Gasteiger partial charge in [0, 0.05) is 184 Å². The number of piperidine rings is 3. The number of benzene rings is 6. The predicted molar refractivity (Wildman–Crippen MR) is 504 cm³/mol. The molecule has 6 aromatic heterocycles. The number of carbonyl (C=O) groups excluding carboxylic acids is 3. The number of aryl methyl sites for hydroxylation is 3. The molecule has 6 aromatic carbocycles. The normalized spacial score (nSPS) is 18.4. The largest absolute Gasteiger partial charge is 0.487 e. The number of halogens is 3. The number of aromatic nitrogens is 12. The molecule has 33 heteroatoms. The number of likely N-dealkylation sites (tertiary alicyclic amines) is 3. The van der Waals surface area contributed by atoms with Gasteiger partial charge >= 0.3 is 18.0 Å². The Morgan fingerprint density at radius 1 is 0.333 bits per heavy atom. The molecule has 12 aromatic rings. The summed E-state index contributed by atoms with van der Waals surface area (Å²) < 4.78 is 39.6. The van der Waals surface area contributed by atoms with Gasteiger partial charge in [0.05, 0.1) is 68.5 Å². The molecular formula is C96H108Cl3N21O9. The molecule has 3 aliphatic carbocycles. The van der Waals surface area contributed by atoms with E-state index in [0.717, 1.165) is 233 Å². The number of piperazine rings is 3. The van der Waals surface area contributed by atoms with Gasteiger partial charge in [-0.05, 0) is 190 Å². The van der Waals surface area contributed by atoms with Crippen LogP contribution in [0.15, 0.2) is 111 Å². The van der Waals surface area contributed by atoms with Crippen LogP contribution in [0.3, 0.4) is 0 Å². The molecule has 3 N–H and O–H groups in total. The Hall–Kier alpha value is -11.7. The molecule has 0 atom stereocenters. The number of nitrogens with one attached hydrogen (secondary N) is 3. The third-order valence-corrected chi connectivity index (χ3v) is 27.1. The molecule has 9 aliphatic rings. The van der Waals surface area contributed by atoms with E-state index in [1.54, 1.807) is 0 Å². The molecule has 0 spiro atoms. The van der Waals surface area contributed by atoms with Gasteiger partial charge < -0.3 is 72.5 Å². The molecular weight excluding hydrogens is 1700 g/mol. The lowest BCUT2D eigenvalue weighted by Crippen LogP contribution is -2.48. The molecule has 0 bridgehead atoms. The number of ether oxygens (including phenoxy) is 6. The van der Waals surface area contributed by atoms with Crippen molar-refractivity contribution in [3.05, 3.63) is 143 Å². The van der Waals surface area contributed by atoms with Crippen LogP contribution in [-0.2, 0) is 14.4 Å². The SMILES string of the molecule is C=CC(=O)N1CCN(c2nc(OC3CCN(C)CC3)nc3c(OC4CC4)c(-c4c(C)ccc5[nH]ncc45)c(Cl)cc23)CC1.C=CC(=O)N1CCN(c2nc(OC3CCN(C)CC3)nc3c(OC4CC4)c(-c4c(C)ccc5[nH]ncc45)c(Cl)cc23)CC1.C=CC(=O)N1CCN(c2nc(OC3CCN(C)CC3)nc3c(OC4CC4)c(-c4c(C)ccc5[nH]ncc45)c(Cl)cc23)CC1. The van der Waals surface area contributed by atoms with Crippen molar-refractivity contribution in [2.24, 2.45) is 0 Å². The number of carbonyl (C=O) groups is 3. The number of hydrogen-bond acceptors (Lipinski definition) is 24. The Labute approximate surface area is 763 Å². The number of hydrogen-bond donors (Lipinski definition) is 3. The highest BCUT2D eigenvalue weighted by molar-refractivity contribution is 6.37. The van der Waals surface area contributed by atoms with Crippen molar-refractivity contribution >= 4 is 135 Å². The maximum absolute atomic E-state index is 12.3. The molecule has 129 heavy (non-hydrogen) atoms. The van der Waals surface area contributed by atoms with Crippen molar-refractivity contribution in [3.8, 4) is 68.7 Å². The molecule has 0 radical (unpaired) electrons. The van der Waals surface area contributed by atoms with Gasteiger partial charge in [-0.3, -0.25) is 29.7 Å². The molecule has 3 amide bonds. The lowest BCUT2D eigenvalue weighted by atomic mass is 9.94. The molecule has 672 valence electrons. The Morgan fingerprint density at radius 2 is 0.581 bits per heavy atom. The van der Waals surface area contributed by atoms with Crippen LogP contribution < -0.4 is 43.1 Å². The standard InChI is InChI=1S/3C32H36ClN7O3/c3*1-4-26(41)39-13-15-40(16-14-39)31-22-17-24(33)28(27-19(2)5-8-25-23(27)18-34-37-25)30(42-20-6-7-20)29(22)35-32(36-31)43-21-9-11-38(3)12-10-21/h3*4-5,8,17-18,20-21H,1,6-7,9-16H2,2-3H3,(H,34,37). The molecule has 6 saturated heterocycles. The number of fused-ring (bicyclic) bond motifs is 6. The van der Waals surface area contributed by atoms with E-state index in [2.05, 4.69) is 140 Å². The van der Waals surface area contributed by atoms with Crippen LogP contribution in [0.1, 0.15) is 93.7 Å². The van der Waals surface area contributed by atoms with E-state index in [0.29, 0.717) is 145 Å². The first-order valence-corrected chi connectivity index (χ1v) is 46.3. The average Bonchev–Trinajstić information content (AvgIpc) is 1.69. The van der Waals surface area contributed by atoms with E-state index < -0.39 is 0 Å². The summed E-state index contributed by atoms with van der Waals surface area (Å²) in [6.45, 7) is 30.1. The highest BCUT2D eigenvalue weighted by Gasteiger charge is 2.38. The maximum Gasteiger partial charge on any atom is 0.319 e. The molecule has 30 nitrogen and oxygen atoms in total.